The van der Waals surface area contributed by atoms with E-state index >= 15 is 0 Å². The highest BCUT2D eigenvalue weighted by atomic mass is 32.2. The van der Waals surface area contributed by atoms with Gasteiger partial charge >= 0.3 is 0 Å². The molecule has 1 aliphatic rings. The summed E-state index contributed by atoms with van der Waals surface area (Å²) < 4.78 is 5.04. The van der Waals surface area contributed by atoms with Crippen LogP contribution in [0.3, 0.4) is 0 Å². The third kappa shape index (κ3) is 4.01. The molecule has 0 aromatic carbocycles. The quantitative estimate of drug-likeness (QED) is 0.739. The first-order valence-corrected chi connectivity index (χ1v) is 7.33. The van der Waals surface area contributed by atoms with Gasteiger partial charge in [-0.25, -0.2) is 0 Å². The van der Waals surface area contributed by atoms with E-state index < -0.39 is 0 Å². The monoisotopic (exact) mass is 235 g/mol. The van der Waals surface area contributed by atoms with Crippen molar-refractivity contribution in [1.82, 2.24) is 0 Å². The van der Waals surface area contributed by atoms with Crippen LogP contribution < -0.4 is 5.73 Å². The molecule has 84 valence electrons. The van der Waals surface area contributed by atoms with E-state index in [1.54, 1.807) is 7.11 Å². The number of methoxy groups -OCH3 is 1. The molecule has 0 radical (unpaired) electrons. The summed E-state index contributed by atoms with van der Waals surface area (Å²) in [4.78, 5) is 0. The normalized spacial score (nSPS) is 30.2. The molecule has 2 N–H and O–H groups in total. The van der Waals surface area contributed by atoms with Gasteiger partial charge in [0.15, 0.2) is 0 Å². The highest BCUT2D eigenvalue weighted by molar-refractivity contribution is 8.07. The largest absolute Gasteiger partial charge is 0.385 e. The van der Waals surface area contributed by atoms with E-state index in [1.807, 2.05) is 0 Å². The number of hydrogen-bond acceptors (Lipinski definition) is 4. The van der Waals surface area contributed by atoms with Crippen molar-refractivity contribution in [3.63, 3.8) is 0 Å². The van der Waals surface area contributed by atoms with E-state index in [0.717, 1.165) is 19.4 Å². The van der Waals surface area contributed by atoms with Crippen LogP contribution in [0.4, 0.5) is 0 Å². The van der Waals surface area contributed by atoms with Crippen LogP contribution >= 0.6 is 23.5 Å². The Labute approximate surface area is 95.7 Å². The van der Waals surface area contributed by atoms with E-state index in [2.05, 4.69) is 30.4 Å². The summed E-state index contributed by atoms with van der Waals surface area (Å²) in [6.45, 7) is 3.14. The van der Waals surface area contributed by atoms with Gasteiger partial charge in [-0.2, -0.15) is 23.5 Å². The molecule has 3 unspecified atom stereocenters. The number of hydrogen-bond donors (Lipinski definition) is 1. The Hall–Kier alpha value is 0.620. The van der Waals surface area contributed by atoms with Gasteiger partial charge in [-0.3, -0.25) is 0 Å². The highest BCUT2D eigenvalue weighted by Crippen LogP contribution is 2.33. The summed E-state index contributed by atoms with van der Waals surface area (Å²) in [6, 6.07) is 0.345. The molecule has 1 fully saturated rings. The third-order valence-corrected chi connectivity index (χ3v) is 5.82. The Kier molecular flexibility index (Phi) is 6.33. The minimum absolute atomic E-state index is 0.345. The molecule has 14 heavy (non-hydrogen) atoms. The zero-order valence-electron chi connectivity index (χ0n) is 9.07. The standard InChI is InChI=1S/C10H21NOS2/c1-8-10(14-7-6-13-8)9(11)4-3-5-12-2/h8-10H,3-7,11H2,1-2H3. The summed E-state index contributed by atoms with van der Waals surface area (Å²) in [6.07, 6.45) is 2.18. The molecule has 1 saturated heterocycles. The summed E-state index contributed by atoms with van der Waals surface area (Å²) >= 11 is 4.11. The second-order valence-corrected chi connectivity index (χ2v) is 6.48. The van der Waals surface area contributed by atoms with Gasteiger partial charge in [0.25, 0.3) is 0 Å². The lowest BCUT2D eigenvalue weighted by Crippen LogP contribution is -2.40. The minimum Gasteiger partial charge on any atom is -0.385 e. The lowest BCUT2D eigenvalue weighted by atomic mass is 10.1. The fourth-order valence-electron chi connectivity index (χ4n) is 1.75. The number of thioether (sulfide) groups is 2. The third-order valence-electron chi connectivity index (χ3n) is 2.54. The molecular weight excluding hydrogens is 214 g/mol. The van der Waals surface area contributed by atoms with Crippen molar-refractivity contribution >= 4 is 23.5 Å². The van der Waals surface area contributed by atoms with Crippen LogP contribution in [-0.4, -0.2) is 41.8 Å². The van der Waals surface area contributed by atoms with Crippen molar-refractivity contribution in [3.8, 4) is 0 Å². The molecule has 2 nitrogen and oxygen atoms in total. The maximum atomic E-state index is 6.19. The van der Waals surface area contributed by atoms with Gasteiger partial charge in [0.1, 0.15) is 0 Å². The molecule has 0 bridgehead atoms. The SMILES string of the molecule is COCCCC(N)C1SCCSC1C. The minimum atomic E-state index is 0.345. The maximum Gasteiger partial charge on any atom is 0.0462 e. The Morgan fingerprint density at radius 2 is 2.14 bits per heavy atom. The predicted molar refractivity (Wildman–Crippen MR) is 67.3 cm³/mol. The average Bonchev–Trinajstić information content (AvgIpc) is 2.18. The zero-order valence-corrected chi connectivity index (χ0v) is 10.7. The van der Waals surface area contributed by atoms with Crippen molar-refractivity contribution in [2.24, 2.45) is 5.73 Å². The first-order valence-electron chi connectivity index (χ1n) is 5.23. The van der Waals surface area contributed by atoms with Crippen molar-refractivity contribution in [3.05, 3.63) is 0 Å². The summed E-state index contributed by atoms with van der Waals surface area (Å²) in [5, 5.41) is 1.36. The van der Waals surface area contributed by atoms with Crippen LogP contribution in [0.1, 0.15) is 19.8 Å². The van der Waals surface area contributed by atoms with Crippen LogP contribution in [0, 0.1) is 0 Å². The van der Waals surface area contributed by atoms with Crippen LogP contribution in [0.15, 0.2) is 0 Å². The van der Waals surface area contributed by atoms with Crippen LogP contribution in [0.25, 0.3) is 0 Å². The molecule has 0 aromatic rings. The molecule has 0 saturated carbocycles. The molecule has 0 amide bonds. The first kappa shape index (κ1) is 12.7. The molecule has 1 rings (SSSR count). The van der Waals surface area contributed by atoms with E-state index in [0.29, 0.717) is 16.5 Å². The molecule has 0 spiro atoms. The smallest absolute Gasteiger partial charge is 0.0462 e. The summed E-state index contributed by atoms with van der Waals surface area (Å²) in [7, 11) is 1.75. The van der Waals surface area contributed by atoms with Gasteiger partial charge in [0.05, 0.1) is 0 Å². The van der Waals surface area contributed by atoms with E-state index in [-0.39, 0.29) is 0 Å². The fourth-order valence-corrected chi connectivity index (χ4v) is 4.68. The average molecular weight is 235 g/mol. The predicted octanol–water partition coefficient (Wildman–Crippen LogP) is 1.98. The van der Waals surface area contributed by atoms with Crippen LogP contribution in [0.2, 0.25) is 0 Å². The summed E-state index contributed by atoms with van der Waals surface area (Å²) in [5.74, 6) is 2.55. The first-order chi connectivity index (χ1) is 6.75. The zero-order chi connectivity index (χ0) is 10.4. The van der Waals surface area contributed by atoms with E-state index in [9.17, 15) is 0 Å². The van der Waals surface area contributed by atoms with Gasteiger partial charge in [-0.1, -0.05) is 6.92 Å². The number of nitrogens with two attached hydrogens (primary N) is 1. The molecule has 3 atom stereocenters. The second-order valence-electron chi connectivity index (χ2n) is 3.71. The molecule has 1 aliphatic heterocycles. The Bertz CT molecular complexity index is 157. The van der Waals surface area contributed by atoms with Gasteiger partial charge in [0.2, 0.25) is 0 Å². The molecule has 0 aliphatic carbocycles. The van der Waals surface area contributed by atoms with Crippen LogP contribution in [0.5, 0.6) is 0 Å². The maximum absolute atomic E-state index is 6.19. The topological polar surface area (TPSA) is 35.2 Å². The van der Waals surface area contributed by atoms with Gasteiger partial charge < -0.3 is 10.5 Å². The van der Waals surface area contributed by atoms with Crippen molar-refractivity contribution in [2.45, 2.75) is 36.3 Å². The lowest BCUT2D eigenvalue weighted by molar-refractivity contribution is 0.190. The van der Waals surface area contributed by atoms with Crippen molar-refractivity contribution < 1.29 is 4.74 Å². The molecule has 0 aromatic heterocycles. The van der Waals surface area contributed by atoms with Crippen molar-refractivity contribution in [2.75, 3.05) is 25.2 Å². The van der Waals surface area contributed by atoms with Gasteiger partial charge in [-0.05, 0) is 12.8 Å². The lowest BCUT2D eigenvalue weighted by Gasteiger charge is -2.32. The van der Waals surface area contributed by atoms with E-state index in [4.69, 9.17) is 10.5 Å². The Balaban J connectivity index is 2.23. The van der Waals surface area contributed by atoms with Crippen LogP contribution in [-0.2, 0) is 4.74 Å². The molecular formula is C10H21NOS2. The highest BCUT2D eigenvalue weighted by Gasteiger charge is 2.27. The van der Waals surface area contributed by atoms with Gasteiger partial charge in [0, 0.05) is 41.8 Å². The second kappa shape index (κ2) is 6.99. The van der Waals surface area contributed by atoms with E-state index in [1.165, 1.54) is 11.5 Å². The summed E-state index contributed by atoms with van der Waals surface area (Å²) in [5.41, 5.74) is 6.19. The molecule has 4 heteroatoms. The Morgan fingerprint density at radius 3 is 2.79 bits per heavy atom. The van der Waals surface area contributed by atoms with Gasteiger partial charge in [-0.15, -0.1) is 0 Å². The number of rotatable bonds is 5. The Morgan fingerprint density at radius 1 is 1.43 bits per heavy atom. The fraction of sp³-hybridized carbons (Fsp3) is 1.00. The molecule has 1 heterocycles. The number of ether oxygens (including phenoxy) is 1. The van der Waals surface area contributed by atoms with Crippen molar-refractivity contribution in [1.29, 1.82) is 0 Å².